The first-order valence-corrected chi connectivity index (χ1v) is 14.4. The first-order valence-electron chi connectivity index (χ1n) is 12.2. The van der Waals surface area contributed by atoms with Crippen molar-refractivity contribution >= 4 is 57.6 Å². The Bertz CT molecular complexity index is 1200. The van der Waals surface area contributed by atoms with E-state index in [0.717, 1.165) is 39.2 Å². The van der Waals surface area contributed by atoms with Crippen LogP contribution in [0.2, 0.25) is 0 Å². The molecule has 4 aromatic rings. The number of aromatic nitrogens is 2. The van der Waals surface area contributed by atoms with Crippen molar-refractivity contribution < 1.29 is 9.47 Å². The lowest BCUT2D eigenvalue weighted by Gasteiger charge is -2.44. The van der Waals surface area contributed by atoms with Crippen molar-refractivity contribution in [2.45, 2.75) is 18.2 Å². The van der Waals surface area contributed by atoms with E-state index in [1.54, 1.807) is 0 Å². The van der Waals surface area contributed by atoms with Gasteiger partial charge in [-0.15, -0.1) is 12.4 Å². The van der Waals surface area contributed by atoms with Crippen molar-refractivity contribution in [2.24, 2.45) is 0 Å². The summed E-state index contributed by atoms with van der Waals surface area (Å²) in [6.45, 7) is 3.69. The quantitative estimate of drug-likeness (QED) is 0.234. The minimum absolute atomic E-state index is 0. The Morgan fingerprint density at radius 3 is 1.55 bits per heavy atom. The summed E-state index contributed by atoms with van der Waals surface area (Å²) < 4.78 is 13.8. The topological polar surface area (TPSA) is 59.5 Å². The lowest BCUT2D eigenvalue weighted by Crippen LogP contribution is -2.55. The van der Waals surface area contributed by atoms with E-state index >= 15 is 0 Å². The van der Waals surface area contributed by atoms with Gasteiger partial charge in [-0.1, -0.05) is 60.7 Å². The molecule has 2 aliphatic rings. The maximum Gasteiger partial charge on any atom is 0.213 e. The molecule has 2 saturated heterocycles. The van der Waals surface area contributed by atoms with Gasteiger partial charge in [0.2, 0.25) is 11.8 Å². The highest BCUT2D eigenvalue weighted by atomic mass is 127. The number of halogens is 3. The molecule has 0 amide bonds. The number of nitrogens with zero attached hydrogens (tertiary/aromatic N) is 3. The van der Waals surface area contributed by atoms with Gasteiger partial charge in [0.15, 0.2) is 0 Å². The van der Waals surface area contributed by atoms with Gasteiger partial charge in [-0.3, -0.25) is 4.90 Å². The number of benzene rings is 2. The van der Waals surface area contributed by atoms with Gasteiger partial charge in [-0.2, -0.15) is 0 Å². The molecule has 2 fully saturated rings. The molecule has 0 unspecified atom stereocenters. The van der Waals surface area contributed by atoms with Crippen LogP contribution in [-0.4, -0.2) is 53.3 Å². The lowest BCUT2D eigenvalue weighted by atomic mass is 9.94. The number of hydrogen-bond acceptors (Lipinski definition) is 6. The fourth-order valence-corrected chi connectivity index (χ4v) is 4.83. The zero-order valence-corrected chi connectivity index (χ0v) is 25.8. The van der Waals surface area contributed by atoms with Crippen molar-refractivity contribution in [3.8, 4) is 11.8 Å². The number of likely N-dealkylation sites (tertiary alicyclic amines) is 1. The van der Waals surface area contributed by atoms with Crippen molar-refractivity contribution in [1.29, 1.82) is 0 Å². The van der Waals surface area contributed by atoms with Gasteiger partial charge < -0.3 is 14.8 Å². The molecule has 6 rings (SSSR count). The van der Waals surface area contributed by atoms with Crippen LogP contribution in [0.1, 0.15) is 17.2 Å². The predicted octanol–water partition coefficient (Wildman–Crippen LogP) is 6.00. The van der Waals surface area contributed by atoms with E-state index in [1.165, 1.54) is 11.1 Å². The van der Waals surface area contributed by atoms with Gasteiger partial charge in [0.1, 0.15) is 12.2 Å². The van der Waals surface area contributed by atoms with Crippen molar-refractivity contribution in [3.63, 3.8) is 0 Å². The predicted molar refractivity (Wildman–Crippen MR) is 169 cm³/mol. The molecule has 4 heterocycles. The van der Waals surface area contributed by atoms with Crippen molar-refractivity contribution in [1.82, 2.24) is 20.2 Å². The highest BCUT2D eigenvalue weighted by Crippen LogP contribution is 2.33. The molecule has 0 radical (unpaired) electrons. The van der Waals surface area contributed by atoms with Crippen LogP contribution in [-0.2, 0) is 0 Å². The molecule has 2 aliphatic heterocycles. The first-order chi connectivity index (χ1) is 18.1. The van der Waals surface area contributed by atoms with Gasteiger partial charge in [-0.25, -0.2) is 9.97 Å². The molecular formula is C29H29ClI2N4O2. The van der Waals surface area contributed by atoms with Gasteiger partial charge in [0.05, 0.1) is 6.04 Å². The Kier molecular flexibility index (Phi) is 11.0. The van der Waals surface area contributed by atoms with Crippen LogP contribution < -0.4 is 14.8 Å². The largest absolute Gasteiger partial charge is 0.472 e. The summed E-state index contributed by atoms with van der Waals surface area (Å²) >= 11 is 4.48. The molecule has 2 aromatic heterocycles. The van der Waals surface area contributed by atoms with Crippen molar-refractivity contribution in [3.05, 3.63) is 116 Å². The molecule has 38 heavy (non-hydrogen) atoms. The normalized spacial score (nSPS) is 15.3. The number of ether oxygens (including phenoxy) is 2. The van der Waals surface area contributed by atoms with Crippen LogP contribution in [0.5, 0.6) is 11.8 Å². The third-order valence-corrected chi connectivity index (χ3v) is 7.47. The third kappa shape index (κ3) is 8.01. The summed E-state index contributed by atoms with van der Waals surface area (Å²) in [4.78, 5) is 10.9. The van der Waals surface area contributed by atoms with Crippen LogP contribution in [0.25, 0.3) is 0 Å². The molecule has 198 valence electrons. The van der Waals surface area contributed by atoms with Gasteiger partial charge in [0.25, 0.3) is 0 Å². The van der Waals surface area contributed by atoms with Crippen LogP contribution in [0.3, 0.4) is 0 Å². The van der Waals surface area contributed by atoms with Gasteiger partial charge in [0, 0.05) is 57.8 Å². The smallest absolute Gasteiger partial charge is 0.213 e. The number of pyridine rings is 2. The molecular weight excluding hydrogens is 726 g/mol. The van der Waals surface area contributed by atoms with Crippen LogP contribution in [0, 0.1) is 7.14 Å². The van der Waals surface area contributed by atoms with E-state index in [0.29, 0.717) is 12.0 Å². The summed E-state index contributed by atoms with van der Waals surface area (Å²) in [5.74, 6) is 1.43. The molecule has 2 aromatic carbocycles. The Hall–Kier alpha value is -1.99. The SMILES string of the molecule is Cl.Ic1ccc(OC2CN(C(c3ccccc3)c3ccccc3)C2)nc1.Ic1ccc(OC2CNC2)nc1. The second-order valence-corrected chi connectivity index (χ2v) is 11.4. The number of rotatable bonds is 7. The summed E-state index contributed by atoms with van der Waals surface area (Å²) in [6.07, 6.45) is 4.16. The second-order valence-electron chi connectivity index (χ2n) is 8.95. The Labute approximate surface area is 257 Å². The Morgan fingerprint density at radius 1 is 0.684 bits per heavy atom. The maximum atomic E-state index is 6.00. The lowest BCUT2D eigenvalue weighted by molar-refractivity contribution is -0.00216. The van der Waals surface area contributed by atoms with E-state index in [1.807, 2.05) is 36.7 Å². The van der Waals surface area contributed by atoms with E-state index in [2.05, 4.69) is 126 Å². The molecule has 6 nitrogen and oxygen atoms in total. The van der Waals surface area contributed by atoms with Crippen molar-refractivity contribution in [2.75, 3.05) is 26.2 Å². The van der Waals surface area contributed by atoms with E-state index in [9.17, 15) is 0 Å². The molecule has 0 aliphatic carbocycles. The number of hydrogen-bond donors (Lipinski definition) is 1. The molecule has 0 bridgehead atoms. The van der Waals surface area contributed by atoms with E-state index in [4.69, 9.17) is 9.47 Å². The Morgan fingerprint density at radius 2 is 1.16 bits per heavy atom. The maximum absolute atomic E-state index is 6.00. The highest BCUT2D eigenvalue weighted by Gasteiger charge is 2.35. The molecule has 0 saturated carbocycles. The zero-order valence-electron chi connectivity index (χ0n) is 20.6. The van der Waals surface area contributed by atoms with Gasteiger partial charge >= 0.3 is 0 Å². The zero-order chi connectivity index (χ0) is 25.5. The molecule has 1 N–H and O–H groups in total. The fourth-order valence-electron chi connectivity index (χ4n) is 4.19. The average molecular weight is 755 g/mol. The average Bonchev–Trinajstić information content (AvgIpc) is 2.89. The summed E-state index contributed by atoms with van der Waals surface area (Å²) in [7, 11) is 0. The molecule has 9 heteroatoms. The van der Waals surface area contributed by atoms with Crippen LogP contribution in [0.4, 0.5) is 0 Å². The molecule has 0 spiro atoms. The molecule has 0 atom stereocenters. The summed E-state index contributed by atoms with van der Waals surface area (Å²) in [5, 5.41) is 3.14. The monoisotopic (exact) mass is 754 g/mol. The van der Waals surface area contributed by atoms with Crippen LogP contribution >= 0.6 is 57.6 Å². The first kappa shape index (κ1) is 29.0. The minimum atomic E-state index is 0. The third-order valence-electron chi connectivity index (χ3n) is 6.19. The van der Waals surface area contributed by atoms with Gasteiger partial charge in [-0.05, 0) is 68.4 Å². The number of nitrogens with one attached hydrogen (secondary N) is 1. The Balaban J connectivity index is 0.000000218. The summed E-state index contributed by atoms with van der Waals surface area (Å²) in [5.41, 5.74) is 2.64. The standard InChI is InChI=1S/C21H19IN2O.C8H9IN2O.ClH/c22-18-11-12-20(23-13-18)25-19-14-24(15-19)21(16-7-3-1-4-8-16)17-9-5-2-6-10-17;9-6-1-2-8(11-3-6)12-7-4-10-5-7;/h1-13,19,21H,14-15H2;1-3,7,10H,4-5H2;1H. The van der Waals surface area contributed by atoms with Crippen LogP contribution in [0.15, 0.2) is 97.3 Å². The van der Waals surface area contributed by atoms with E-state index in [-0.39, 0.29) is 24.6 Å². The second kappa shape index (κ2) is 14.4. The fraction of sp³-hybridized carbons (Fsp3) is 0.241. The highest BCUT2D eigenvalue weighted by molar-refractivity contribution is 14.1. The minimum Gasteiger partial charge on any atom is -0.472 e. The summed E-state index contributed by atoms with van der Waals surface area (Å²) in [6, 6.07) is 29.5. The van der Waals surface area contributed by atoms with E-state index < -0.39 is 0 Å².